The average Bonchev–Trinajstić information content (AvgIpc) is 2.36. The zero-order valence-electron chi connectivity index (χ0n) is 6.24. The van der Waals surface area contributed by atoms with Gasteiger partial charge in [-0.2, -0.15) is 0 Å². The normalized spacial score (nSPS) is 12.8. The predicted molar refractivity (Wildman–Crippen MR) is 42.7 cm³/mol. The van der Waals surface area contributed by atoms with Gasteiger partial charge in [-0.15, -0.1) is 6.58 Å². The lowest BCUT2D eigenvalue weighted by atomic mass is 10.5. The summed E-state index contributed by atoms with van der Waals surface area (Å²) in [6.45, 7) is 5.25. The second-order valence-corrected chi connectivity index (χ2v) is 3.52. The first-order valence-electron chi connectivity index (χ1n) is 3.16. The van der Waals surface area contributed by atoms with Gasteiger partial charge in [0.05, 0.1) is 10.8 Å². The summed E-state index contributed by atoms with van der Waals surface area (Å²) < 4.78 is 15.9. The molecule has 0 aliphatic carbocycles. The summed E-state index contributed by atoms with van der Waals surface area (Å²) >= 11 is 0. The number of aryl methyl sites for hydroxylation is 1. The van der Waals surface area contributed by atoms with Crippen LogP contribution in [0.2, 0.25) is 0 Å². The van der Waals surface area contributed by atoms with Crippen LogP contribution >= 0.6 is 0 Å². The quantitative estimate of drug-likeness (QED) is 0.643. The van der Waals surface area contributed by atoms with Gasteiger partial charge in [0, 0.05) is 11.8 Å². The molecule has 1 atom stereocenters. The summed E-state index contributed by atoms with van der Waals surface area (Å²) in [5.74, 6) is 1.10. The molecule has 1 aromatic heterocycles. The fourth-order valence-corrected chi connectivity index (χ4v) is 1.45. The molecule has 1 aromatic rings. The van der Waals surface area contributed by atoms with Crippen molar-refractivity contribution in [2.45, 2.75) is 11.9 Å². The van der Waals surface area contributed by atoms with Crippen molar-refractivity contribution in [3.05, 3.63) is 24.5 Å². The van der Waals surface area contributed by atoms with E-state index in [1.165, 1.54) is 0 Å². The van der Waals surface area contributed by atoms with Crippen molar-refractivity contribution in [3.63, 3.8) is 0 Å². The molecule has 0 N–H and O–H groups in total. The number of hydrogen-bond acceptors (Lipinski definition) is 3. The molecule has 0 aliphatic rings. The molecule has 0 bridgehead atoms. The van der Waals surface area contributed by atoms with E-state index in [4.69, 9.17) is 4.52 Å². The van der Waals surface area contributed by atoms with Crippen molar-refractivity contribution in [2.75, 3.05) is 5.75 Å². The highest BCUT2D eigenvalue weighted by molar-refractivity contribution is 7.85. The van der Waals surface area contributed by atoms with Crippen LogP contribution in [-0.2, 0) is 10.8 Å². The number of rotatable bonds is 3. The standard InChI is InChI=1S/C7H9NO2S/c1-3-4-11(9)7-5-6(2)10-8-7/h3,5H,1,4H2,2H3. The third kappa shape index (κ3) is 2.01. The SMILES string of the molecule is C=CCS(=O)c1cc(C)on1. The molecule has 0 saturated heterocycles. The summed E-state index contributed by atoms with van der Waals surface area (Å²) in [5, 5.41) is 4.10. The van der Waals surface area contributed by atoms with E-state index < -0.39 is 10.8 Å². The van der Waals surface area contributed by atoms with Crippen LogP contribution in [0.1, 0.15) is 5.76 Å². The summed E-state index contributed by atoms with van der Waals surface area (Å²) in [7, 11) is -1.09. The van der Waals surface area contributed by atoms with Crippen LogP contribution in [0.3, 0.4) is 0 Å². The third-order valence-corrected chi connectivity index (χ3v) is 2.31. The Balaban J connectivity index is 2.76. The van der Waals surface area contributed by atoms with E-state index in [9.17, 15) is 4.21 Å². The van der Waals surface area contributed by atoms with Gasteiger partial charge in [-0.1, -0.05) is 11.2 Å². The largest absolute Gasteiger partial charge is 0.360 e. The van der Waals surface area contributed by atoms with Crippen LogP contribution < -0.4 is 0 Å². The van der Waals surface area contributed by atoms with Gasteiger partial charge < -0.3 is 4.52 Å². The predicted octanol–water partition coefficient (Wildman–Crippen LogP) is 1.28. The second kappa shape index (κ2) is 3.48. The van der Waals surface area contributed by atoms with E-state index in [1.54, 1.807) is 19.1 Å². The molecule has 4 heteroatoms. The lowest BCUT2D eigenvalue weighted by Gasteiger charge is -1.87. The fraction of sp³-hybridized carbons (Fsp3) is 0.286. The Morgan fingerprint density at radius 2 is 2.64 bits per heavy atom. The highest BCUT2D eigenvalue weighted by atomic mass is 32.2. The maximum absolute atomic E-state index is 11.2. The van der Waals surface area contributed by atoms with E-state index in [-0.39, 0.29) is 0 Å². The molecule has 1 heterocycles. The number of hydrogen-bond donors (Lipinski definition) is 0. The number of aromatic nitrogens is 1. The highest BCUT2D eigenvalue weighted by Gasteiger charge is 2.06. The molecule has 0 radical (unpaired) electrons. The molecule has 60 valence electrons. The molecule has 0 saturated carbocycles. The van der Waals surface area contributed by atoms with Gasteiger partial charge in [0.25, 0.3) is 0 Å². The molecule has 0 fully saturated rings. The minimum Gasteiger partial charge on any atom is -0.360 e. The van der Waals surface area contributed by atoms with Gasteiger partial charge in [0.2, 0.25) is 0 Å². The first kappa shape index (κ1) is 8.20. The molecular formula is C7H9NO2S. The van der Waals surface area contributed by atoms with E-state index in [0.717, 1.165) is 0 Å². The van der Waals surface area contributed by atoms with Gasteiger partial charge in [-0.05, 0) is 6.92 Å². The topological polar surface area (TPSA) is 43.1 Å². The minimum absolute atomic E-state index is 0.423. The van der Waals surface area contributed by atoms with Crippen molar-refractivity contribution in [2.24, 2.45) is 0 Å². The van der Waals surface area contributed by atoms with Gasteiger partial charge in [0.15, 0.2) is 5.03 Å². The first-order valence-corrected chi connectivity index (χ1v) is 4.48. The van der Waals surface area contributed by atoms with Crippen LogP contribution in [-0.4, -0.2) is 15.1 Å². The monoisotopic (exact) mass is 171 g/mol. The molecule has 11 heavy (non-hydrogen) atoms. The van der Waals surface area contributed by atoms with E-state index in [2.05, 4.69) is 11.7 Å². The Kier molecular flexibility index (Phi) is 2.59. The Bertz CT molecular complexity index is 280. The lowest BCUT2D eigenvalue weighted by Crippen LogP contribution is -1.94. The second-order valence-electron chi connectivity index (χ2n) is 2.08. The molecule has 0 aromatic carbocycles. The molecule has 0 spiro atoms. The van der Waals surface area contributed by atoms with Gasteiger partial charge in [0.1, 0.15) is 5.76 Å². The molecule has 1 unspecified atom stereocenters. The van der Waals surface area contributed by atoms with Crippen LogP contribution in [0.15, 0.2) is 28.3 Å². The molecular weight excluding hydrogens is 162 g/mol. The molecule has 0 amide bonds. The van der Waals surface area contributed by atoms with Crippen molar-refractivity contribution in [1.82, 2.24) is 5.16 Å². The maximum Gasteiger partial charge on any atom is 0.170 e. The zero-order chi connectivity index (χ0) is 8.27. The summed E-state index contributed by atoms with van der Waals surface area (Å²) in [4.78, 5) is 0. The highest BCUT2D eigenvalue weighted by Crippen LogP contribution is 2.06. The maximum atomic E-state index is 11.2. The van der Waals surface area contributed by atoms with E-state index in [1.807, 2.05) is 0 Å². The van der Waals surface area contributed by atoms with Gasteiger partial charge >= 0.3 is 0 Å². The average molecular weight is 171 g/mol. The Morgan fingerprint density at radius 3 is 3.09 bits per heavy atom. The van der Waals surface area contributed by atoms with Crippen molar-refractivity contribution in [1.29, 1.82) is 0 Å². The molecule has 0 aliphatic heterocycles. The fourth-order valence-electron chi connectivity index (χ4n) is 0.643. The Labute approximate surface area is 67.5 Å². The van der Waals surface area contributed by atoms with Crippen LogP contribution in [0.5, 0.6) is 0 Å². The van der Waals surface area contributed by atoms with E-state index in [0.29, 0.717) is 16.5 Å². The van der Waals surface area contributed by atoms with Crippen molar-refractivity contribution < 1.29 is 8.73 Å². The summed E-state index contributed by atoms with van der Waals surface area (Å²) in [6, 6.07) is 1.67. The van der Waals surface area contributed by atoms with Gasteiger partial charge in [-0.25, -0.2) is 0 Å². The minimum atomic E-state index is -1.09. The third-order valence-electron chi connectivity index (χ3n) is 1.11. The van der Waals surface area contributed by atoms with Crippen LogP contribution in [0.25, 0.3) is 0 Å². The Hall–Kier alpha value is -0.900. The smallest absolute Gasteiger partial charge is 0.170 e. The lowest BCUT2D eigenvalue weighted by molar-refractivity contribution is 0.382. The molecule has 3 nitrogen and oxygen atoms in total. The first-order chi connectivity index (χ1) is 5.24. The van der Waals surface area contributed by atoms with Crippen molar-refractivity contribution >= 4 is 10.8 Å². The van der Waals surface area contributed by atoms with Crippen LogP contribution in [0.4, 0.5) is 0 Å². The van der Waals surface area contributed by atoms with Gasteiger partial charge in [-0.3, -0.25) is 4.21 Å². The zero-order valence-corrected chi connectivity index (χ0v) is 7.06. The molecule has 1 rings (SSSR count). The Morgan fingerprint density at radius 1 is 1.91 bits per heavy atom. The summed E-state index contributed by atoms with van der Waals surface area (Å²) in [6.07, 6.45) is 1.60. The van der Waals surface area contributed by atoms with E-state index >= 15 is 0 Å². The summed E-state index contributed by atoms with van der Waals surface area (Å²) in [5.41, 5.74) is 0. The van der Waals surface area contributed by atoms with Crippen LogP contribution in [0, 0.1) is 6.92 Å². The van der Waals surface area contributed by atoms with Crippen molar-refractivity contribution in [3.8, 4) is 0 Å². The number of nitrogens with zero attached hydrogens (tertiary/aromatic N) is 1.